The highest BCUT2D eigenvalue weighted by molar-refractivity contribution is 6.01. The van der Waals surface area contributed by atoms with Crippen LogP contribution in [0.1, 0.15) is 62.4 Å². The third-order valence-corrected chi connectivity index (χ3v) is 5.80. The molecule has 1 aromatic carbocycles. The lowest BCUT2D eigenvalue weighted by Gasteiger charge is -2.32. The van der Waals surface area contributed by atoms with E-state index in [1.165, 1.54) is 10.9 Å². The van der Waals surface area contributed by atoms with Crippen LogP contribution in [0.4, 0.5) is 11.5 Å². The summed E-state index contributed by atoms with van der Waals surface area (Å²) in [4.78, 5) is 26.8. The van der Waals surface area contributed by atoms with Crippen molar-refractivity contribution >= 4 is 23.4 Å². The van der Waals surface area contributed by atoms with Gasteiger partial charge in [-0.15, -0.1) is 5.10 Å². The van der Waals surface area contributed by atoms with Gasteiger partial charge in [0.1, 0.15) is 5.56 Å². The van der Waals surface area contributed by atoms with E-state index in [4.69, 9.17) is 5.73 Å². The molecule has 1 aromatic heterocycles. The highest BCUT2D eigenvalue weighted by Gasteiger charge is 2.34. The molecule has 1 heterocycles. The lowest BCUT2D eigenvalue weighted by atomic mass is 9.82. The van der Waals surface area contributed by atoms with E-state index in [2.05, 4.69) is 12.0 Å². The van der Waals surface area contributed by atoms with Crippen molar-refractivity contribution < 1.29 is 14.7 Å². The Morgan fingerprint density at radius 2 is 1.90 bits per heavy atom. The number of carbonyl (C=O) groups excluding carboxylic acids is 1. The van der Waals surface area contributed by atoms with Gasteiger partial charge in [-0.1, -0.05) is 13.0 Å². The second-order valence-electron chi connectivity index (χ2n) is 8.42. The second kappa shape index (κ2) is 8.27. The molecular formula is C22H30N4O3. The molecule has 0 unspecified atom stereocenters. The number of aryl methyl sites for hydroxylation is 1. The minimum atomic E-state index is -1.11. The van der Waals surface area contributed by atoms with Gasteiger partial charge in [0.05, 0.1) is 5.69 Å². The first-order valence-corrected chi connectivity index (χ1v) is 10.2. The molecule has 7 nitrogen and oxygen atoms in total. The van der Waals surface area contributed by atoms with Crippen LogP contribution in [0, 0.1) is 18.8 Å². The quantitative estimate of drug-likeness (QED) is 0.741. The maximum absolute atomic E-state index is 13.3. The smallest absolute Gasteiger partial charge is 0.341 e. The molecule has 29 heavy (non-hydrogen) atoms. The van der Waals surface area contributed by atoms with Crippen LogP contribution in [0.5, 0.6) is 0 Å². The molecule has 1 fully saturated rings. The molecular weight excluding hydrogens is 368 g/mol. The third kappa shape index (κ3) is 4.28. The van der Waals surface area contributed by atoms with E-state index in [1.54, 1.807) is 11.0 Å². The molecule has 0 atom stereocenters. The van der Waals surface area contributed by atoms with Crippen LogP contribution >= 0.6 is 0 Å². The number of rotatable bonds is 5. The summed E-state index contributed by atoms with van der Waals surface area (Å²) in [5, 5.41) is 14.3. The number of amides is 1. The number of hydrogen-bond acceptors (Lipinski definition) is 4. The van der Waals surface area contributed by atoms with E-state index >= 15 is 0 Å². The molecule has 3 N–H and O–H groups in total. The monoisotopic (exact) mass is 398 g/mol. The fourth-order valence-electron chi connectivity index (χ4n) is 3.90. The SMILES string of the molecule is Cc1ccc(-n2cc(C(=O)O)c(N(C(=O)C3CCC(C)CC3)C(C)C)n2)cc1N. The number of aromatic carboxylic acids is 1. The van der Waals surface area contributed by atoms with Crippen LogP contribution in [0.2, 0.25) is 0 Å². The third-order valence-electron chi connectivity index (χ3n) is 5.80. The van der Waals surface area contributed by atoms with Gasteiger partial charge in [-0.2, -0.15) is 0 Å². The topological polar surface area (TPSA) is 101 Å². The predicted molar refractivity (Wildman–Crippen MR) is 113 cm³/mol. The number of benzene rings is 1. The van der Waals surface area contributed by atoms with E-state index in [9.17, 15) is 14.7 Å². The number of aromatic nitrogens is 2. The van der Waals surface area contributed by atoms with Gasteiger partial charge in [0.25, 0.3) is 0 Å². The van der Waals surface area contributed by atoms with E-state index < -0.39 is 5.97 Å². The van der Waals surface area contributed by atoms with E-state index in [-0.39, 0.29) is 29.2 Å². The molecule has 1 amide bonds. The Labute approximate surface area is 171 Å². The molecule has 0 aliphatic heterocycles. The Bertz CT molecular complexity index is 911. The number of nitrogens with zero attached hydrogens (tertiary/aromatic N) is 3. The number of nitrogen functional groups attached to an aromatic ring is 1. The van der Waals surface area contributed by atoms with Crippen molar-refractivity contribution in [3.63, 3.8) is 0 Å². The Balaban J connectivity index is 2.01. The van der Waals surface area contributed by atoms with Crippen LogP contribution in [-0.4, -0.2) is 32.8 Å². The van der Waals surface area contributed by atoms with E-state index in [0.717, 1.165) is 31.2 Å². The molecule has 0 radical (unpaired) electrons. The summed E-state index contributed by atoms with van der Waals surface area (Å²) in [6.45, 7) is 7.88. The average molecular weight is 399 g/mol. The normalized spacial score (nSPS) is 19.3. The Hall–Kier alpha value is -2.83. The van der Waals surface area contributed by atoms with Crippen molar-refractivity contribution in [2.45, 2.75) is 59.4 Å². The number of anilines is 2. The molecule has 0 saturated heterocycles. The van der Waals surface area contributed by atoms with Crippen LogP contribution in [0.15, 0.2) is 24.4 Å². The zero-order valence-corrected chi connectivity index (χ0v) is 17.6. The predicted octanol–water partition coefficient (Wildman–Crippen LogP) is 4.03. The summed E-state index contributed by atoms with van der Waals surface area (Å²) in [5.74, 6) is -0.414. The minimum absolute atomic E-state index is 0.00961. The number of hydrogen-bond donors (Lipinski definition) is 2. The van der Waals surface area contributed by atoms with Crippen LogP contribution < -0.4 is 10.6 Å². The second-order valence-corrected chi connectivity index (χ2v) is 8.42. The van der Waals surface area contributed by atoms with Crippen LogP contribution in [0.25, 0.3) is 5.69 Å². The molecule has 2 aromatic rings. The van der Waals surface area contributed by atoms with Crippen molar-refractivity contribution in [2.24, 2.45) is 11.8 Å². The van der Waals surface area contributed by atoms with Gasteiger partial charge in [-0.25, -0.2) is 9.48 Å². The first kappa shape index (κ1) is 20.9. The standard InChI is InChI=1S/C22H30N4O3/c1-13(2)26(21(27)16-8-5-14(3)6-9-16)20-18(22(28)29)12-25(24-20)17-10-7-15(4)19(23)11-17/h7,10-14,16H,5-6,8-9,23H2,1-4H3,(H,28,29). The number of carbonyl (C=O) groups is 2. The maximum Gasteiger partial charge on any atom is 0.341 e. The van der Waals surface area contributed by atoms with Crippen molar-refractivity contribution in [3.05, 3.63) is 35.5 Å². The Morgan fingerprint density at radius 3 is 2.45 bits per heavy atom. The molecule has 1 aliphatic carbocycles. The van der Waals surface area contributed by atoms with Gasteiger partial charge >= 0.3 is 5.97 Å². The highest BCUT2D eigenvalue weighted by atomic mass is 16.4. The van der Waals surface area contributed by atoms with Crippen molar-refractivity contribution in [3.8, 4) is 5.69 Å². The minimum Gasteiger partial charge on any atom is -0.477 e. The van der Waals surface area contributed by atoms with Gasteiger partial charge in [-0.05, 0) is 70.1 Å². The lowest BCUT2D eigenvalue weighted by molar-refractivity contribution is -0.123. The van der Waals surface area contributed by atoms with Crippen LogP contribution in [0.3, 0.4) is 0 Å². The van der Waals surface area contributed by atoms with Crippen molar-refractivity contribution in [1.82, 2.24) is 9.78 Å². The first-order valence-electron chi connectivity index (χ1n) is 10.2. The Morgan fingerprint density at radius 1 is 1.24 bits per heavy atom. The van der Waals surface area contributed by atoms with Crippen molar-refractivity contribution in [2.75, 3.05) is 10.6 Å². The zero-order valence-electron chi connectivity index (χ0n) is 17.6. The van der Waals surface area contributed by atoms with Crippen molar-refractivity contribution in [1.29, 1.82) is 0 Å². The summed E-state index contributed by atoms with van der Waals surface area (Å²) in [7, 11) is 0. The van der Waals surface area contributed by atoms with Gasteiger partial charge in [0.2, 0.25) is 5.91 Å². The molecule has 3 rings (SSSR count). The van der Waals surface area contributed by atoms with Gasteiger partial charge < -0.3 is 10.8 Å². The fourth-order valence-corrected chi connectivity index (χ4v) is 3.90. The average Bonchev–Trinajstić information content (AvgIpc) is 3.09. The summed E-state index contributed by atoms with van der Waals surface area (Å²) in [5.41, 5.74) is 8.21. The molecule has 156 valence electrons. The molecule has 1 aliphatic rings. The number of carboxylic acid groups (broad SMARTS) is 1. The number of nitrogens with two attached hydrogens (primary N) is 1. The highest BCUT2D eigenvalue weighted by Crippen LogP contribution is 2.33. The van der Waals surface area contributed by atoms with Crippen LogP contribution in [-0.2, 0) is 4.79 Å². The molecule has 0 spiro atoms. The first-order chi connectivity index (χ1) is 13.7. The molecule has 7 heteroatoms. The zero-order chi connectivity index (χ0) is 21.3. The van der Waals surface area contributed by atoms with E-state index in [1.807, 2.05) is 32.9 Å². The summed E-state index contributed by atoms with van der Waals surface area (Å²) >= 11 is 0. The number of carboxylic acids is 1. The molecule has 0 bridgehead atoms. The lowest BCUT2D eigenvalue weighted by Crippen LogP contribution is -2.43. The molecule has 1 saturated carbocycles. The largest absolute Gasteiger partial charge is 0.477 e. The van der Waals surface area contributed by atoms with Gasteiger partial charge in [0, 0.05) is 23.8 Å². The van der Waals surface area contributed by atoms with E-state index in [0.29, 0.717) is 17.3 Å². The maximum atomic E-state index is 13.3. The fraction of sp³-hybridized carbons (Fsp3) is 0.500. The summed E-state index contributed by atoms with van der Waals surface area (Å²) in [6, 6.07) is 5.24. The van der Waals surface area contributed by atoms with Gasteiger partial charge in [-0.3, -0.25) is 9.69 Å². The Kier molecular flexibility index (Phi) is 5.96. The van der Waals surface area contributed by atoms with Gasteiger partial charge in [0.15, 0.2) is 5.82 Å². The summed E-state index contributed by atoms with van der Waals surface area (Å²) < 4.78 is 1.49. The summed E-state index contributed by atoms with van der Waals surface area (Å²) in [6.07, 6.45) is 5.16.